The lowest BCUT2D eigenvalue weighted by atomic mass is 9.86. The van der Waals surface area contributed by atoms with Gasteiger partial charge in [-0.3, -0.25) is 0 Å². The predicted octanol–water partition coefficient (Wildman–Crippen LogP) is 6.59. The molecule has 2 aromatic carbocycles. The zero-order valence-electron chi connectivity index (χ0n) is 15.3. The number of hydrogen-bond donors (Lipinski definition) is 0. The highest BCUT2D eigenvalue weighted by Crippen LogP contribution is 2.33. The van der Waals surface area contributed by atoms with E-state index >= 15 is 0 Å². The molecule has 0 N–H and O–H groups in total. The number of benzene rings is 2. The second kappa shape index (κ2) is 9.05. The highest BCUT2D eigenvalue weighted by atomic mass is 35.5. The van der Waals surface area contributed by atoms with Gasteiger partial charge in [0.25, 0.3) is 0 Å². The van der Waals surface area contributed by atoms with Crippen LogP contribution in [-0.2, 0) is 4.74 Å². The first-order valence-corrected chi connectivity index (χ1v) is 10.8. The number of thiazole rings is 1. The summed E-state index contributed by atoms with van der Waals surface area (Å²) >= 11 is 7.65. The summed E-state index contributed by atoms with van der Waals surface area (Å²) in [5, 5.41) is 1.74. The molecule has 3 nitrogen and oxygen atoms in total. The van der Waals surface area contributed by atoms with Crippen LogP contribution in [0.3, 0.4) is 0 Å². The summed E-state index contributed by atoms with van der Waals surface area (Å²) < 4.78 is 12.8. The highest BCUT2D eigenvalue weighted by molar-refractivity contribution is 7.21. The lowest BCUT2D eigenvalue weighted by molar-refractivity contribution is 0.0664. The van der Waals surface area contributed by atoms with Crippen molar-refractivity contribution < 1.29 is 9.47 Å². The molecule has 0 amide bonds. The Hall–Kier alpha value is -1.62. The zero-order valence-corrected chi connectivity index (χ0v) is 16.9. The van der Waals surface area contributed by atoms with E-state index in [4.69, 9.17) is 26.1 Å². The van der Waals surface area contributed by atoms with Gasteiger partial charge in [0.2, 0.25) is 0 Å². The summed E-state index contributed by atoms with van der Waals surface area (Å²) in [6.45, 7) is 2.51. The van der Waals surface area contributed by atoms with Crippen LogP contribution in [0.15, 0.2) is 42.5 Å². The molecule has 4 rings (SSSR count). The molecule has 0 atom stereocenters. The van der Waals surface area contributed by atoms with Gasteiger partial charge < -0.3 is 9.47 Å². The fourth-order valence-electron chi connectivity index (χ4n) is 3.12. The van der Waals surface area contributed by atoms with E-state index in [9.17, 15) is 0 Å². The number of unbranched alkanes of at least 4 members (excludes halogenated alkanes) is 1. The number of fused-ring (bicyclic) bond motifs is 1. The number of ether oxygens (including phenoxy) is 2. The minimum Gasteiger partial charge on any atom is -0.494 e. The van der Waals surface area contributed by atoms with Crippen LogP contribution < -0.4 is 4.74 Å². The summed E-state index contributed by atoms with van der Waals surface area (Å²) in [7, 11) is 0. The molecule has 0 bridgehead atoms. The Kier molecular flexibility index (Phi) is 6.28. The lowest BCUT2D eigenvalue weighted by Crippen LogP contribution is -2.17. The van der Waals surface area contributed by atoms with Crippen LogP contribution in [0, 0.1) is 5.92 Å². The molecule has 27 heavy (non-hydrogen) atoms. The quantitative estimate of drug-likeness (QED) is 0.379. The van der Waals surface area contributed by atoms with Gasteiger partial charge in [-0.1, -0.05) is 30.2 Å². The molecule has 0 unspecified atom stereocenters. The van der Waals surface area contributed by atoms with Crippen LogP contribution in [0.2, 0.25) is 5.02 Å². The summed E-state index contributed by atoms with van der Waals surface area (Å²) in [6, 6.07) is 13.9. The minimum absolute atomic E-state index is 0.723. The summed E-state index contributed by atoms with van der Waals surface area (Å²) in [5.41, 5.74) is 2.09. The van der Waals surface area contributed by atoms with Crippen LogP contribution in [0.4, 0.5) is 0 Å². The summed E-state index contributed by atoms with van der Waals surface area (Å²) in [4.78, 5) is 4.71. The van der Waals surface area contributed by atoms with E-state index in [-0.39, 0.29) is 0 Å². The van der Waals surface area contributed by atoms with Gasteiger partial charge in [0, 0.05) is 23.8 Å². The maximum absolute atomic E-state index is 5.97. The molecule has 1 aromatic heterocycles. The van der Waals surface area contributed by atoms with E-state index in [1.54, 1.807) is 11.3 Å². The van der Waals surface area contributed by atoms with Gasteiger partial charge in [-0.15, -0.1) is 11.3 Å². The first kappa shape index (κ1) is 18.7. The molecule has 1 aliphatic rings. The average molecular weight is 402 g/mol. The number of halogens is 1. The topological polar surface area (TPSA) is 31.4 Å². The fraction of sp³-hybridized carbons (Fsp3) is 0.409. The first-order valence-electron chi connectivity index (χ1n) is 9.65. The van der Waals surface area contributed by atoms with Gasteiger partial charge in [0.1, 0.15) is 10.8 Å². The van der Waals surface area contributed by atoms with E-state index in [1.165, 1.54) is 19.3 Å². The largest absolute Gasteiger partial charge is 0.494 e. The van der Waals surface area contributed by atoms with Gasteiger partial charge in [0.05, 0.1) is 16.8 Å². The van der Waals surface area contributed by atoms with E-state index in [2.05, 4.69) is 6.07 Å². The SMILES string of the molecule is Clc1ccc(-c2nc3ccc(OCCCCOCC4CCC4)cc3s2)cc1. The molecular weight excluding hydrogens is 378 g/mol. The first-order chi connectivity index (χ1) is 13.3. The van der Waals surface area contributed by atoms with Crippen LogP contribution in [0.25, 0.3) is 20.8 Å². The number of hydrogen-bond acceptors (Lipinski definition) is 4. The van der Waals surface area contributed by atoms with Gasteiger partial charge >= 0.3 is 0 Å². The van der Waals surface area contributed by atoms with Crippen LogP contribution in [0.5, 0.6) is 5.75 Å². The number of rotatable bonds is 9. The number of aromatic nitrogens is 1. The Balaban J connectivity index is 1.26. The van der Waals surface area contributed by atoms with Crippen molar-refractivity contribution in [1.82, 2.24) is 4.98 Å². The Labute approximate surface area is 169 Å². The maximum Gasteiger partial charge on any atom is 0.124 e. The maximum atomic E-state index is 5.97. The normalized spacial score (nSPS) is 14.4. The van der Waals surface area contributed by atoms with Crippen molar-refractivity contribution in [2.24, 2.45) is 5.92 Å². The fourth-order valence-corrected chi connectivity index (χ4v) is 4.24. The van der Waals surface area contributed by atoms with Crippen molar-refractivity contribution in [3.05, 3.63) is 47.5 Å². The zero-order chi connectivity index (χ0) is 18.5. The van der Waals surface area contributed by atoms with E-state index < -0.39 is 0 Å². The van der Waals surface area contributed by atoms with Crippen molar-refractivity contribution in [2.45, 2.75) is 32.1 Å². The Bertz CT molecular complexity index is 874. The molecule has 1 aliphatic carbocycles. The monoisotopic (exact) mass is 401 g/mol. The van der Waals surface area contributed by atoms with Crippen molar-refractivity contribution in [3.63, 3.8) is 0 Å². The van der Waals surface area contributed by atoms with Crippen molar-refractivity contribution in [1.29, 1.82) is 0 Å². The molecule has 1 saturated carbocycles. The van der Waals surface area contributed by atoms with Gasteiger partial charge in [0.15, 0.2) is 0 Å². The predicted molar refractivity (Wildman–Crippen MR) is 113 cm³/mol. The molecule has 0 saturated heterocycles. The minimum atomic E-state index is 0.723. The van der Waals surface area contributed by atoms with Gasteiger partial charge in [-0.2, -0.15) is 0 Å². The van der Waals surface area contributed by atoms with Crippen molar-refractivity contribution in [3.8, 4) is 16.3 Å². The Morgan fingerprint density at radius 1 is 1.04 bits per heavy atom. The van der Waals surface area contributed by atoms with Crippen molar-refractivity contribution >= 4 is 33.2 Å². The van der Waals surface area contributed by atoms with E-state index in [0.29, 0.717) is 0 Å². The van der Waals surface area contributed by atoms with E-state index in [0.717, 1.165) is 70.1 Å². The van der Waals surface area contributed by atoms with Crippen molar-refractivity contribution in [2.75, 3.05) is 19.8 Å². The molecule has 0 radical (unpaired) electrons. The lowest BCUT2D eigenvalue weighted by Gasteiger charge is -2.24. The summed E-state index contributed by atoms with van der Waals surface area (Å²) in [5.74, 6) is 1.73. The Morgan fingerprint density at radius 2 is 1.85 bits per heavy atom. The standard InChI is InChI=1S/C22H24ClNO2S/c23-18-8-6-17(7-9-18)22-24-20-11-10-19(14-21(20)27-22)26-13-2-1-12-25-15-16-4-3-5-16/h6-11,14,16H,1-5,12-13,15H2. The Morgan fingerprint density at radius 3 is 2.63 bits per heavy atom. The molecule has 3 aromatic rings. The smallest absolute Gasteiger partial charge is 0.124 e. The second-order valence-electron chi connectivity index (χ2n) is 7.08. The third-order valence-electron chi connectivity index (χ3n) is 4.98. The molecular formula is C22H24ClNO2S. The highest BCUT2D eigenvalue weighted by Gasteiger charge is 2.16. The van der Waals surface area contributed by atoms with Gasteiger partial charge in [-0.25, -0.2) is 4.98 Å². The molecule has 1 heterocycles. The van der Waals surface area contributed by atoms with Crippen LogP contribution in [-0.4, -0.2) is 24.8 Å². The molecule has 142 valence electrons. The third-order valence-corrected chi connectivity index (χ3v) is 6.30. The van der Waals surface area contributed by atoms with Crippen LogP contribution in [0.1, 0.15) is 32.1 Å². The average Bonchev–Trinajstić information content (AvgIpc) is 3.06. The van der Waals surface area contributed by atoms with Gasteiger partial charge in [-0.05, 0) is 61.9 Å². The number of nitrogens with zero attached hydrogens (tertiary/aromatic N) is 1. The molecule has 5 heteroatoms. The van der Waals surface area contributed by atoms with E-state index in [1.807, 2.05) is 36.4 Å². The third kappa shape index (κ3) is 5.01. The molecule has 0 aliphatic heterocycles. The van der Waals surface area contributed by atoms with Crippen LogP contribution >= 0.6 is 22.9 Å². The molecule has 0 spiro atoms. The summed E-state index contributed by atoms with van der Waals surface area (Å²) in [6.07, 6.45) is 6.15. The molecule has 1 fully saturated rings. The second-order valence-corrected chi connectivity index (χ2v) is 8.55.